The topological polar surface area (TPSA) is 17.1 Å². The highest BCUT2D eigenvalue weighted by atomic mass is 79.9. The van der Waals surface area contributed by atoms with Crippen LogP contribution >= 0.6 is 15.9 Å². The first-order valence-electron chi connectivity index (χ1n) is 5.14. The summed E-state index contributed by atoms with van der Waals surface area (Å²) < 4.78 is 13.6. The quantitative estimate of drug-likeness (QED) is 0.819. The van der Waals surface area contributed by atoms with E-state index >= 15 is 0 Å². The molecule has 1 aromatic rings. The second-order valence-electron chi connectivity index (χ2n) is 3.95. The first-order chi connectivity index (χ1) is 7.18. The smallest absolute Gasteiger partial charge is 0.137 e. The zero-order valence-electron chi connectivity index (χ0n) is 8.30. The third-order valence-corrected chi connectivity index (χ3v) is 3.59. The minimum absolute atomic E-state index is 0.258. The van der Waals surface area contributed by atoms with Crippen LogP contribution in [0, 0.1) is 11.7 Å². The van der Waals surface area contributed by atoms with Gasteiger partial charge in [-0.1, -0.05) is 12.1 Å². The second kappa shape index (κ2) is 4.44. The van der Waals surface area contributed by atoms with Gasteiger partial charge in [0.1, 0.15) is 11.6 Å². The third kappa shape index (κ3) is 2.65. The lowest BCUT2D eigenvalue weighted by Gasteiger charge is -2.04. The fraction of sp³-hybridized carbons (Fsp3) is 0.417. The molecule has 1 aliphatic carbocycles. The summed E-state index contributed by atoms with van der Waals surface area (Å²) in [5.41, 5.74) is 0.879. The standard InChI is InChI=1S/C12H12BrFO/c13-12-9(2-1-3-10(12)14)6-7-11(15)8-4-5-8/h1-3,8H,4-7H2. The maximum absolute atomic E-state index is 13.1. The molecule has 0 aromatic heterocycles. The molecule has 1 aliphatic rings. The maximum Gasteiger partial charge on any atom is 0.137 e. The van der Waals surface area contributed by atoms with Gasteiger partial charge in [0.15, 0.2) is 0 Å². The van der Waals surface area contributed by atoms with Gasteiger partial charge in [0, 0.05) is 12.3 Å². The second-order valence-corrected chi connectivity index (χ2v) is 4.75. The molecule has 0 atom stereocenters. The summed E-state index contributed by atoms with van der Waals surface area (Å²) in [6.07, 6.45) is 3.26. The Kier molecular flexibility index (Phi) is 3.19. The molecule has 1 nitrogen and oxygen atoms in total. The van der Waals surface area contributed by atoms with E-state index in [9.17, 15) is 9.18 Å². The van der Waals surface area contributed by atoms with Gasteiger partial charge in [-0.25, -0.2) is 4.39 Å². The molecule has 0 bridgehead atoms. The minimum Gasteiger partial charge on any atom is -0.299 e. The van der Waals surface area contributed by atoms with Gasteiger partial charge in [-0.2, -0.15) is 0 Å². The number of rotatable bonds is 4. The van der Waals surface area contributed by atoms with Crippen molar-refractivity contribution in [2.45, 2.75) is 25.7 Å². The van der Waals surface area contributed by atoms with Crippen LogP contribution in [0.1, 0.15) is 24.8 Å². The molecule has 1 saturated carbocycles. The molecule has 80 valence electrons. The average Bonchev–Trinajstić information content (AvgIpc) is 3.03. The van der Waals surface area contributed by atoms with E-state index in [1.54, 1.807) is 6.07 Å². The highest BCUT2D eigenvalue weighted by Gasteiger charge is 2.28. The van der Waals surface area contributed by atoms with Gasteiger partial charge in [-0.05, 0) is 46.8 Å². The lowest BCUT2D eigenvalue weighted by atomic mass is 10.1. The van der Waals surface area contributed by atoms with E-state index < -0.39 is 0 Å². The molecule has 0 amide bonds. The van der Waals surface area contributed by atoms with E-state index in [0.29, 0.717) is 29.0 Å². The van der Waals surface area contributed by atoms with Gasteiger partial charge in [-0.3, -0.25) is 4.79 Å². The summed E-state index contributed by atoms with van der Waals surface area (Å²) in [4.78, 5) is 11.5. The first-order valence-corrected chi connectivity index (χ1v) is 5.93. The van der Waals surface area contributed by atoms with E-state index in [1.165, 1.54) is 6.07 Å². The fourth-order valence-electron chi connectivity index (χ4n) is 1.61. The lowest BCUT2D eigenvalue weighted by Crippen LogP contribution is -2.02. The summed E-state index contributed by atoms with van der Waals surface area (Å²) in [6, 6.07) is 4.95. The highest BCUT2D eigenvalue weighted by molar-refractivity contribution is 9.10. The van der Waals surface area contributed by atoms with Crippen LogP contribution in [-0.4, -0.2) is 5.78 Å². The van der Waals surface area contributed by atoms with Gasteiger partial charge in [0.25, 0.3) is 0 Å². The Hall–Kier alpha value is -0.700. The van der Waals surface area contributed by atoms with E-state index in [1.807, 2.05) is 6.07 Å². The minimum atomic E-state index is -0.258. The Bertz CT molecular complexity index is 385. The predicted octanol–water partition coefficient (Wildman–Crippen LogP) is 3.50. The van der Waals surface area contributed by atoms with Crippen LogP contribution < -0.4 is 0 Å². The molecule has 0 aliphatic heterocycles. The van der Waals surface area contributed by atoms with Crippen molar-refractivity contribution in [1.29, 1.82) is 0 Å². The predicted molar refractivity (Wildman–Crippen MR) is 60.2 cm³/mol. The van der Waals surface area contributed by atoms with Crippen molar-refractivity contribution in [1.82, 2.24) is 0 Å². The van der Waals surface area contributed by atoms with Gasteiger partial charge < -0.3 is 0 Å². The number of hydrogen-bond acceptors (Lipinski definition) is 1. The summed E-state index contributed by atoms with van der Waals surface area (Å²) in [5.74, 6) is 0.370. The zero-order chi connectivity index (χ0) is 10.8. The number of halogens is 2. The Balaban J connectivity index is 1.98. The number of hydrogen-bond donors (Lipinski definition) is 0. The molecular weight excluding hydrogens is 259 g/mol. The molecule has 0 heterocycles. The van der Waals surface area contributed by atoms with E-state index in [-0.39, 0.29) is 5.82 Å². The number of benzene rings is 1. The van der Waals surface area contributed by atoms with Crippen LogP contribution in [0.4, 0.5) is 4.39 Å². The van der Waals surface area contributed by atoms with E-state index in [4.69, 9.17) is 0 Å². The van der Waals surface area contributed by atoms with Gasteiger partial charge in [0.05, 0.1) is 4.47 Å². The van der Waals surface area contributed by atoms with Crippen molar-refractivity contribution in [3.8, 4) is 0 Å². The Morgan fingerprint density at radius 2 is 2.20 bits per heavy atom. The first kappa shape index (κ1) is 10.8. The summed E-state index contributed by atoms with van der Waals surface area (Å²) in [6.45, 7) is 0. The number of carbonyl (C=O) groups excluding carboxylic acids is 1. The van der Waals surface area contributed by atoms with Gasteiger partial charge >= 0.3 is 0 Å². The molecule has 0 spiro atoms. The molecular formula is C12H12BrFO. The van der Waals surface area contributed by atoms with Crippen molar-refractivity contribution >= 4 is 21.7 Å². The summed E-state index contributed by atoms with van der Waals surface area (Å²) >= 11 is 3.20. The molecule has 15 heavy (non-hydrogen) atoms. The maximum atomic E-state index is 13.1. The van der Waals surface area contributed by atoms with Crippen LogP contribution in [-0.2, 0) is 11.2 Å². The zero-order valence-corrected chi connectivity index (χ0v) is 9.89. The molecule has 2 rings (SSSR count). The van der Waals surface area contributed by atoms with Crippen molar-refractivity contribution in [3.05, 3.63) is 34.1 Å². The van der Waals surface area contributed by atoms with Crippen LogP contribution in [0.25, 0.3) is 0 Å². The summed E-state index contributed by atoms with van der Waals surface area (Å²) in [5, 5.41) is 0. The molecule has 1 fully saturated rings. The monoisotopic (exact) mass is 270 g/mol. The van der Waals surface area contributed by atoms with Gasteiger partial charge in [0.2, 0.25) is 0 Å². The van der Waals surface area contributed by atoms with Crippen molar-refractivity contribution in [3.63, 3.8) is 0 Å². The van der Waals surface area contributed by atoms with Crippen molar-refractivity contribution < 1.29 is 9.18 Å². The Labute approximate surface area is 96.8 Å². The van der Waals surface area contributed by atoms with Crippen LogP contribution in [0.3, 0.4) is 0 Å². The number of Topliss-reactive ketones (excluding diaryl/α,β-unsaturated/α-hetero) is 1. The Morgan fingerprint density at radius 3 is 2.87 bits per heavy atom. The average molecular weight is 271 g/mol. The van der Waals surface area contributed by atoms with Crippen LogP contribution in [0.15, 0.2) is 22.7 Å². The lowest BCUT2D eigenvalue weighted by molar-refractivity contribution is -0.120. The van der Waals surface area contributed by atoms with Crippen LogP contribution in [0.5, 0.6) is 0 Å². The molecule has 0 N–H and O–H groups in total. The largest absolute Gasteiger partial charge is 0.299 e. The van der Waals surface area contributed by atoms with Crippen molar-refractivity contribution in [2.75, 3.05) is 0 Å². The van der Waals surface area contributed by atoms with E-state index in [0.717, 1.165) is 18.4 Å². The molecule has 0 unspecified atom stereocenters. The molecule has 0 radical (unpaired) electrons. The van der Waals surface area contributed by atoms with Gasteiger partial charge in [-0.15, -0.1) is 0 Å². The highest BCUT2D eigenvalue weighted by Crippen LogP contribution is 2.31. The summed E-state index contributed by atoms with van der Waals surface area (Å²) in [7, 11) is 0. The fourth-order valence-corrected chi connectivity index (χ4v) is 2.07. The number of carbonyl (C=O) groups is 1. The molecule has 1 aromatic carbocycles. The Morgan fingerprint density at radius 1 is 1.47 bits per heavy atom. The molecule has 0 saturated heterocycles. The molecule has 3 heteroatoms. The van der Waals surface area contributed by atoms with E-state index in [2.05, 4.69) is 15.9 Å². The number of aryl methyl sites for hydroxylation is 1. The van der Waals surface area contributed by atoms with Crippen molar-refractivity contribution in [2.24, 2.45) is 5.92 Å². The normalized spacial score (nSPS) is 15.3. The SMILES string of the molecule is O=C(CCc1cccc(F)c1Br)C1CC1. The number of ketones is 1. The van der Waals surface area contributed by atoms with Crippen LogP contribution in [0.2, 0.25) is 0 Å². The third-order valence-electron chi connectivity index (χ3n) is 2.71.